The number of benzene rings is 2. The average molecular weight is 305 g/mol. The van der Waals surface area contributed by atoms with Crippen LogP contribution in [0.5, 0.6) is 0 Å². The summed E-state index contributed by atoms with van der Waals surface area (Å²) < 4.78 is 0. The van der Waals surface area contributed by atoms with Gasteiger partial charge in [-0.2, -0.15) is 0 Å². The predicted octanol–water partition coefficient (Wildman–Crippen LogP) is 6.65. The maximum absolute atomic E-state index is 3.63. The maximum atomic E-state index is 3.63. The fourth-order valence-corrected chi connectivity index (χ4v) is 4.79. The van der Waals surface area contributed by atoms with Gasteiger partial charge in [-0.1, -0.05) is 39.8 Å². The second kappa shape index (κ2) is 5.40. The standard InChI is InChI=1S/C22H27N/c1-13-9-15(3)21-11-17(5-7-19(13)21)23-18-6-8-20-14(2)10-16(4)22(20)12-18/h5-8,11-16,23H,9-10H2,1-4H3. The second-order valence-electron chi connectivity index (χ2n) is 7.89. The van der Waals surface area contributed by atoms with Crippen LogP contribution in [-0.2, 0) is 0 Å². The van der Waals surface area contributed by atoms with Crippen molar-refractivity contribution in [3.63, 3.8) is 0 Å². The van der Waals surface area contributed by atoms with E-state index in [-0.39, 0.29) is 0 Å². The Morgan fingerprint density at radius 1 is 0.609 bits per heavy atom. The molecule has 0 amide bonds. The Hall–Kier alpha value is -1.76. The fraction of sp³-hybridized carbons (Fsp3) is 0.455. The van der Waals surface area contributed by atoms with Crippen molar-refractivity contribution in [2.45, 2.75) is 64.2 Å². The SMILES string of the molecule is CC1CC(C)c2cc(Nc3ccc4c(c3)C(C)CC4C)ccc21. The Morgan fingerprint density at radius 2 is 1.00 bits per heavy atom. The number of hydrogen-bond donors (Lipinski definition) is 1. The first kappa shape index (κ1) is 14.8. The summed E-state index contributed by atoms with van der Waals surface area (Å²) in [5, 5.41) is 3.63. The van der Waals surface area contributed by atoms with Gasteiger partial charge in [0.2, 0.25) is 0 Å². The third kappa shape index (κ3) is 2.47. The highest BCUT2D eigenvalue weighted by Crippen LogP contribution is 2.44. The molecule has 2 aromatic rings. The highest BCUT2D eigenvalue weighted by molar-refractivity contribution is 5.64. The Morgan fingerprint density at radius 3 is 1.43 bits per heavy atom. The second-order valence-corrected chi connectivity index (χ2v) is 7.89. The van der Waals surface area contributed by atoms with E-state index in [2.05, 4.69) is 69.4 Å². The first-order chi connectivity index (χ1) is 11.0. The Balaban J connectivity index is 1.62. The molecule has 1 nitrogen and oxygen atoms in total. The minimum absolute atomic E-state index is 0.683. The van der Waals surface area contributed by atoms with Gasteiger partial charge >= 0.3 is 0 Å². The average Bonchev–Trinajstić information content (AvgIpc) is 2.96. The van der Waals surface area contributed by atoms with Crippen LogP contribution in [0.15, 0.2) is 36.4 Å². The van der Waals surface area contributed by atoms with Crippen LogP contribution in [0.25, 0.3) is 0 Å². The molecule has 0 spiro atoms. The quantitative estimate of drug-likeness (QED) is 0.654. The van der Waals surface area contributed by atoms with E-state index < -0.39 is 0 Å². The fourth-order valence-electron chi connectivity index (χ4n) is 4.79. The molecule has 0 saturated heterocycles. The van der Waals surface area contributed by atoms with Gasteiger partial charge in [0, 0.05) is 11.4 Å². The van der Waals surface area contributed by atoms with E-state index in [0.29, 0.717) is 23.7 Å². The molecule has 4 unspecified atom stereocenters. The number of anilines is 2. The molecule has 120 valence electrons. The lowest BCUT2D eigenvalue weighted by Gasteiger charge is -2.13. The van der Waals surface area contributed by atoms with Gasteiger partial charge in [-0.15, -0.1) is 0 Å². The molecule has 0 aliphatic heterocycles. The summed E-state index contributed by atoms with van der Waals surface area (Å²) in [4.78, 5) is 0. The van der Waals surface area contributed by atoms with Crippen LogP contribution in [0, 0.1) is 0 Å². The van der Waals surface area contributed by atoms with E-state index in [9.17, 15) is 0 Å². The highest BCUT2D eigenvalue weighted by Gasteiger charge is 2.26. The van der Waals surface area contributed by atoms with Gasteiger partial charge in [-0.05, 0) is 83.0 Å². The van der Waals surface area contributed by atoms with Gasteiger partial charge in [0.15, 0.2) is 0 Å². The first-order valence-corrected chi connectivity index (χ1v) is 9.07. The lowest BCUT2D eigenvalue weighted by atomic mass is 10.0. The molecule has 0 aromatic heterocycles. The Labute approximate surface area is 140 Å². The largest absolute Gasteiger partial charge is 0.356 e. The lowest BCUT2D eigenvalue weighted by Crippen LogP contribution is -1.96. The van der Waals surface area contributed by atoms with Crippen molar-refractivity contribution in [2.75, 3.05) is 5.32 Å². The molecule has 0 saturated carbocycles. The molecular formula is C22H27N. The van der Waals surface area contributed by atoms with Crippen molar-refractivity contribution in [3.8, 4) is 0 Å². The predicted molar refractivity (Wildman–Crippen MR) is 99.1 cm³/mol. The third-order valence-corrected chi connectivity index (χ3v) is 6.00. The van der Waals surface area contributed by atoms with Gasteiger partial charge in [0.05, 0.1) is 0 Å². The van der Waals surface area contributed by atoms with Crippen LogP contribution < -0.4 is 5.32 Å². The number of hydrogen-bond acceptors (Lipinski definition) is 1. The van der Waals surface area contributed by atoms with Crippen LogP contribution in [0.2, 0.25) is 0 Å². The molecule has 0 bridgehead atoms. The summed E-state index contributed by atoms with van der Waals surface area (Å²) in [6.45, 7) is 9.39. The van der Waals surface area contributed by atoms with E-state index >= 15 is 0 Å². The molecule has 1 heteroatoms. The normalized spacial score (nSPS) is 28.5. The van der Waals surface area contributed by atoms with Crippen molar-refractivity contribution in [1.82, 2.24) is 0 Å². The summed E-state index contributed by atoms with van der Waals surface area (Å²) in [6.07, 6.45) is 2.57. The molecule has 0 radical (unpaired) electrons. The lowest BCUT2D eigenvalue weighted by molar-refractivity contribution is 0.661. The van der Waals surface area contributed by atoms with Crippen molar-refractivity contribution in [2.24, 2.45) is 0 Å². The van der Waals surface area contributed by atoms with Gasteiger partial charge < -0.3 is 5.32 Å². The zero-order chi connectivity index (χ0) is 16.1. The number of fused-ring (bicyclic) bond motifs is 2. The molecule has 23 heavy (non-hydrogen) atoms. The van der Waals surface area contributed by atoms with Gasteiger partial charge in [-0.3, -0.25) is 0 Å². The van der Waals surface area contributed by atoms with Crippen LogP contribution in [0.3, 0.4) is 0 Å². The van der Waals surface area contributed by atoms with Crippen molar-refractivity contribution in [3.05, 3.63) is 58.7 Å². The molecule has 4 rings (SSSR count). The van der Waals surface area contributed by atoms with E-state index in [1.54, 1.807) is 11.1 Å². The molecule has 0 fully saturated rings. The monoisotopic (exact) mass is 305 g/mol. The van der Waals surface area contributed by atoms with Crippen LogP contribution in [0.1, 0.15) is 86.5 Å². The summed E-state index contributed by atoms with van der Waals surface area (Å²) in [7, 11) is 0. The van der Waals surface area contributed by atoms with Crippen LogP contribution >= 0.6 is 0 Å². The van der Waals surface area contributed by atoms with Crippen molar-refractivity contribution in [1.29, 1.82) is 0 Å². The zero-order valence-corrected chi connectivity index (χ0v) is 14.7. The van der Waals surface area contributed by atoms with E-state index in [0.717, 1.165) is 0 Å². The summed E-state index contributed by atoms with van der Waals surface area (Å²) in [5.74, 6) is 2.78. The third-order valence-electron chi connectivity index (χ3n) is 6.00. The molecule has 2 aliphatic rings. The molecule has 4 atom stereocenters. The molecular weight excluding hydrogens is 278 g/mol. The summed E-state index contributed by atoms with van der Waals surface area (Å²) in [5.41, 5.74) is 8.60. The van der Waals surface area contributed by atoms with Crippen LogP contribution in [-0.4, -0.2) is 0 Å². The van der Waals surface area contributed by atoms with Crippen molar-refractivity contribution >= 4 is 11.4 Å². The Bertz CT molecular complexity index is 682. The zero-order valence-electron chi connectivity index (χ0n) is 14.7. The maximum Gasteiger partial charge on any atom is 0.0387 e. The van der Waals surface area contributed by atoms with E-state index in [1.807, 2.05) is 0 Å². The first-order valence-electron chi connectivity index (χ1n) is 9.07. The minimum atomic E-state index is 0.683. The number of nitrogens with one attached hydrogen (secondary N) is 1. The summed E-state index contributed by atoms with van der Waals surface area (Å²) >= 11 is 0. The van der Waals surface area contributed by atoms with Crippen LogP contribution in [0.4, 0.5) is 11.4 Å². The smallest absolute Gasteiger partial charge is 0.0387 e. The molecule has 0 heterocycles. The topological polar surface area (TPSA) is 12.0 Å². The van der Waals surface area contributed by atoms with E-state index in [4.69, 9.17) is 0 Å². The van der Waals surface area contributed by atoms with Gasteiger partial charge in [0.1, 0.15) is 0 Å². The van der Waals surface area contributed by atoms with Crippen molar-refractivity contribution < 1.29 is 0 Å². The van der Waals surface area contributed by atoms with E-state index in [1.165, 1.54) is 35.3 Å². The molecule has 2 aliphatic carbocycles. The summed E-state index contributed by atoms with van der Waals surface area (Å²) in [6, 6.07) is 13.9. The van der Waals surface area contributed by atoms with Gasteiger partial charge in [0.25, 0.3) is 0 Å². The number of rotatable bonds is 2. The minimum Gasteiger partial charge on any atom is -0.356 e. The molecule has 1 N–H and O–H groups in total. The molecule has 2 aromatic carbocycles. The highest BCUT2D eigenvalue weighted by atomic mass is 14.9. The van der Waals surface area contributed by atoms with Gasteiger partial charge in [-0.25, -0.2) is 0 Å². The Kier molecular flexibility index (Phi) is 3.48.